The normalized spacial score (nSPS) is 14.8. The highest BCUT2D eigenvalue weighted by Gasteiger charge is 2.41. The fourth-order valence-corrected chi connectivity index (χ4v) is 4.40. The number of nitrogens with two attached hydrogens (primary N) is 1. The molecule has 1 saturated carbocycles. The highest BCUT2D eigenvalue weighted by Crippen LogP contribution is 2.31. The molecule has 0 saturated heterocycles. The van der Waals surface area contributed by atoms with Crippen LogP contribution >= 0.6 is 0 Å². The highest BCUT2D eigenvalue weighted by atomic mass is 16.2. The fourth-order valence-electron chi connectivity index (χ4n) is 4.40. The summed E-state index contributed by atoms with van der Waals surface area (Å²) in [6, 6.07) is 15.7. The van der Waals surface area contributed by atoms with E-state index in [4.69, 9.17) is 5.73 Å². The van der Waals surface area contributed by atoms with E-state index in [1.54, 1.807) is 0 Å². The minimum atomic E-state index is -0.925. The Labute approximate surface area is 193 Å². The molecule has 0 unspecified atom stereocenters. The van der Waals surface area contributed by atoms with Gasteiger partial charge in [0.05, 0.1) is 12.1 Å². The van der Waals surface area contributed by atoms with Crippen molar-refractivity contribution in [2.75, 3.05) is 0 Å². The molecule has 2 aromatic carbocycles. The molecule has 8 heteroatoms. The van der Waals surface area contributed by atoms with Gasteiger partial charge in [0.1, 0.15) is 0 Å². The van der Waals surface area contributed by atoms with Gasteiger partial charge in [-0.25, -0.2) is 0 Å². The van der Waals surface area contributed by atoms with Crippen LogP contribution in [0.3, 0.4) is 0 Å². The van der Waals surface area contributed by atoms with Gasteiger partial charge in [0.15, 0.2) is 0 Å². The van der Waals surface area contributed by atoms with Gasteiger partial charge in [0, 0.05) is 12.0 Å². The van der Waals surface area contributed by atoms with Crippen molar-refractivity contribution in [1.82, 2.24) is 25.5 Å². The molecule has 1 aromatic heterocycles. The number of unbranched alkanes of at least 4 members (excludes halogenated alkanes) is 1. The van der Waals surface area contributed by atoms with E-state index in [9.17, 15) is 9.59 Å². The Morgan fingerprint density at radius 1 is 1.06 bits per heavy atom. The maximum absolute atomic E-state index is 13.3. The molecule has 0 atom stereocenters. The predicted molar refractivity (Wildman–Crippen MR) is 126 cm³/mol. The van der Waals surface area contributed by atoms with Gasteiger partial charge >= 0.3 is 0 Å². The summed E-state index contributed by atoms with van der Waals surface area (Å²) >= 11 is 0. The van der Waals surface area contributed by atoms with Gasteiger partial charge in [-0.05, 0) is 41.2 Å². The van der Waals surface area contributed by atoms with Gasteiger partial charge in [0.2, 0.25) is 17.6 Å². The summed E-state index contributed by atoms with van der Waals surface area (Å²) in [5, 5.41) is 14.3. The van der Waals surface area contributed by atoms with Crippen LogP contribution in [0.2, 0.25) is 0 Å². The van der Waals surface area contributed by atoms with E-state index in [1.807, 2.05) is 55.5 Å². The third kappa shape index (κ3) is 5.01. The van der Waals surface area contributed by atoms with Crippen molar-refractivity contribution < 1.29 is 9.59 Å². The van der Waals surface area contributed by atoms with Crippen molar-refractivity contribution in [1.29, 1.82) is 0 Å². The van der Waals surface area contributed by atoms with Crippen LogP contribution in [0.1, 0.15) is 57.4 Å². The molecule has 2 amide bonds. The van der Waals surface area contributed by atoms with Gasteiger partial charge < -0.3 is 5.73 Å². The summed E-state index contributed by atoms with van der Waals surface area (Å²) in [7, 11) is 0. The number of amides is 2. The molecule has 172 valence electrons. The average molecular weight is 447 g/mol. The molecular formula is C25H30N6O2. The fraction of sp³-hybridized carbons (Fsp3) is 0.400. The van der Waals surface area contributed by atoms with E-state index in [2.05, 4.69) is 20.6 Å². The summed E-state index contributed by atoms with van der Waals surface area (Å²) in [6.07, 6.45) is 5.13. The number of aromatic amines is 1. The van der Waals surface area contributed by atoms with E-state index in [1.165, 1.54) is 4.90 Å². The number of tetrazole rings is 1. The van der Waals surface area contributed by atoms with Crippen molar-refractivity contribution in [2.24, 2.45) is 5.73 Å². The Balaban J connectivity index is 1.57. The molecule has 0 aliphatic heterocycles. The lowest BCUT2D eigenvalue weighted by Crippen LogP contribution is -2.55. The number of carbonyl (C=O) groups is 2. The molecule has 3 N–H and O–H groups in total. The van der Waals surface area contributed by atoms with Crippen LogP contribution in [0.5, 0.6) is 0 Å². The second-order valence-corrected chi connectivity index (χ2v) is 8.73. The van der Waals surface area contributed by atoms with E-state index in [0.29, 0.717) is 25.1 Å². The molecule has 3 aromatic rings. The number of carbonyl (C=O) groups excluding carboxylic acids is 2. The van der Waals surface area contributed by atoms with Crippen molar-refractivity contribution >= 4 is 11.8 Å². The Morgan fingerprint density at radius 3 is 2.39 bits per heavy atom. The van der Waals surface area contributed by atoms with Gasteiger partial charge in [-0.2, -0.15) is 5.21 Å². The number of hydrogen-bond donors (Lipinski definition) is 2. The van der Waals surface area contributed by atoms with Gasteiger partial charge in [-0.3, -0.25) is 14.5 Å². The number of aromatic nitrogens is 4. The molecule has 0 bridgehead atoms. The van der Waals surface area contributed by atoms with Crippen molar-refractivity contribution in [3.05, 3.63) is 54.1 Å². The zero-order chi connectivity index (χ0) is 23.3. The summed E-state index contributed by atoms with van der Waals surface area (Å²) in [5.74, 6) is 0.135. The third-order valence-corrected chi connectivity index (χ3v) is 6.33. The van der Waals surface area contributed by atoms with Crippen LogP contribution in [0.4, 0.5) is 0 Å². The van der Waals surface area contributed by atoms with Gasteiger partial charge in [0.25, 0.3) is 0 Å². The maximum atomic E-state index is 13.3. The molecule has 4 rings (SSSR count). The number of nitrogens with zero attached hydrogens (tertiary/aromatic N) is 4. The lowest BCUT2D eigenvalue weighted by atomic mass is 9.95. The molecule has 0 spiro atoms. The molecule has 1 fully saturated rings. The van der Waals surface area contributed by atoms with Gasteiger partial charge in [-0.15, -0.1) is 10.2 Å². The minimum absolute atomic E-state index is 0.148. The first-order valence-electron chi connectivity index (χ1n) is 11.6. The van der Waals surface area contributed by atoms with Crippen molar-refractivity contribution in [3.8, 4) is 22.5 Å². The monoisotopic (exact) mass is 446 g/mol. The second-order valence-electron chi connectivity index (χ2n) is 8.73. The molecular weight excluding hydrogens is 416 g/mol. The van der Waals surface area contributed by atoms with Crippen molar-refractivity contribution in [3.63, 3.8) is 0 Å². The van der Waals surface area contributed by atoms with E-state index in [-0.39, 0.29) is 18.4 Å². The first-order chi connectivity index (χ1) is 16.0. The lowest BCUT2D eigenvalue weighted by Gasteiger charge is -2.30. The molecule has 33 heavy (non-hydrogen) atoms. The number of hydrogen-bond acceptors (Lipinski definition) is 6. The van der Waals surface area contributed by atoms with Crippen LogP contribution in [-0.4, -0.2) is 42.9 Å². The standard InChI is InChI=1S/C25H30N6O2/c1-2-3-10-22(32)31(24(33)25(26)15-6-7-16-25)17-18-11-13-19(14-12-18)20-8-4-5-9-21(20)23-27-29-30-28-23/h4-5,8-9,11-14H,2-3,6-7,10,15-17,26H2,1H3,(H,27,28,29,30). The maximum Gasteiger partial charge on any atom is 0.249 e. The Hall–Kier alpha value is -3.39. The Morgan fingerprint density at radius 2 is 1.76 bits per heavy atom. The third-order valence-electron chi connectivity index (χ3n) is 6.33. The molecule has 8 nitrogen and oxygen atoms in total. The molecule has 1 aliphatic rings. The zero-order valence-electron chi connectivity index (χ0n) is 19.0. The summed E-state index contributed by atoms with van der Waals surface area (Å²) in [6.45, 7) is 2.26. The first kappa shape index (κ1) is 22.8. The topological polar surface area (TPSA) is 118 Å². The van der Waals surface area contributed by atoms with Gasteiger partial charge in [-0.1, -0.05) is 74.7 Å². The quantitative estimate of drug-likeness (QED) is 0.543. The first-order valence-corrected chi connectivity index (χ1v) is 11.6. The predicted octanol–water partition coefficient (Wildman–Crippen LogP) is 3.85. The van der Waals surface area contributed by atoms with E-state index in [0.717, 1.165) is 47.9 Å². The van der Waals surface area contributed by atoms with E-state index >= 15 is 0 Å². The number of nitrogens with one attached hydrogen (secondary N) is 1. The SMILES string of the molecule is CCCCC(=O)N(Cc1ccc(-c2ccccc2-c2nn[nH]n2)cc1)C(=O)C1(N)CCCC1. The van der Waals surface area contributed by atoms with Crippen molar-refractivity contribution in [2.45, 2.75) is 64.0 Å². The highest BCUT2D eigenvalue weighted by molar-refractivity contribution is 6.00. The smallest absolute Gasteiger partial charge is 0.249 e. The van der Waals surface area contributed by atoms with Crippen LogP contribution in [0.25, 0.3) is 22.5 Å². The summed E-state index contributed by atoms with van der Waals surface area (Å²) in [5.41, 5.74) is 9.22. The molecule has 0 radical (unpaired) electrons. The number of benzene rings is 2. The average Bonchev–Trinajstić information content (AvgIpc) is 3.54. The molecule has 1 aliphatic carbocycles. The number of rotatable bonds is 8. The lowest BCUT2D eigenvalue weighted by molar-refractivity contribution is -0.149. The number of H-pyrrole nitrogens is 1. The largest absolute Gasteiger partial charge is 0.317 e. The second kappa shape index (κ2) is 10.0. The summed E-state index contributed by atoms with van der Waals surface area (Å²) < 4.78 is 0. The number of imide groups is 1. The van der Waals surface area contributed by atoms with Crippen LogP contribution in [0.15, 0.2) is 48.5 Å². The minimum Gasteiger partial charge on any atom is -0.317 e. The van der Waals surface area contributed by atoms with Crippen LogP contribution < -0.4 is 5.73 Å². The summed E-state index contributed by atoms with van der Waals surface area (Å²) in [4.78, 5) is 27.6. The van der Waals surface area contributed by atoms with Crippen LogP contribution in [0, 0.1) is 0 Å². The van der Waals surface area contributed by atoms with E-state index < -0.39 is 5.54 Å². The zero-order valence-corrected chi connectivity index (χ0v) is 19.0. The van der Waals surface area contributed by atoms with Crippen LogP contribution in [-0.2, 0) is 16.1 Å². The molecule has 1 heterocycles. The Kier molecular flexibility index (Phi) is 6.93. The Bertz CT molecular complexity index is 1090.